The van der Waals surface area contributed by atoms with E-state index >= 15 is 0 Å². The van der Waals surface area contributed by atoms with Gasteiger partial charge in [-0.25, -0.2) is 9.59 Å². The van der Waals surface area contributed by atoms with Gasteiger partial charge in [-0.05, 0) is 25.7 Å². The summed E-state index contributed by atoms with van der Waals surface area (Å²) in [6, 6.07) is -0.913. The fraction of sp³-hybridized carbons (Fsp3) is 0.857. The lowest BCUT2D eigenvalue weighted by Gasteiger charge is -2.40. The van der Waals surface area contributed by atoms with Gasteiger partial charge in [0.15, 0.2) is 0 Å². The lowest BCUT2D eigenvalue weighted by Crippen LogP contribution is -2.53. The zero-order chi connectivity index (χ0) is 15.5. The second-order valence-electron chi connectivity index (χ2n) is 5.70. The summed E-state index contributed by atoms with van der Waals surface area (Å²) < 4.78 is 5.90. The van der Waals surface area contributed by atoms with Crippen LogP contribution in [0.4, 0.5) is 4.79 Å². The molecule has 21 heavy (non-hydrogen) atoms. The molecule has 2 N–H and O–H groups in total. The van der Waals surface area contributed by atoms with E-state index in [4.69, 9.17) is 9.84 Å². The first-order valence-corrected chi connectivity index (χ1v) is 8.68. The van der Waals surface area contributed by atoms with Crippen molar-refractivity contribution in [2.45, 2.75) is 57.2 Å². The smallest absolute Gasteiger partial charge is 0.327 e. The highest BCUT2D eigenvalue weighted by Gasteiger charge is 2.38. The predicted octanol–water partition coefficient (Wildman–Crippen LogP) is 1.89. The summed E-state index contributed by atoms with van der Waals surface area (Å²) in [4.78, 5) is 24.9. The SMILES string of the molecule is CCC1(CC)CC(NC(=O)N2CSCC2C(=O)O)CCO1. The van der Waals surface area contributed by atoms with E-state index in [0.29, 0.717) is 18.2 Å². The third-order valence-electron chi connectivity index (χ3n) is 4.54. The van der Waals surface area contributed by atoms with Crippen LogP contribution < -0.4 is 5.32 Å². The molecule has 0 spiro atoms. The van der Waals surface area contributed by atoms with Gasteiger partial charge in [0.25, 0.3) is 0 Å². The molecule has 2 aliphatic rings. The number of thioether (sulfide) groups is 1. The van der Waals surface area contributed by atoms with Crippen molar-refractivity contribution in [3.8, 4) is 0 Å². The standard InChI is InChI=1S/C14H24N2O4S/c1-3-14(4-2)7-10(5-6-20-14)15-13(19)16-9-21-8-11(16)12(17)18/h10-11H,3-9H2,1-2H3,(H,15,19)(H,17,18). The predicted molar refractivity (Wildman–Crippen MR) is 81.4 cm³/mol. The number of ether oxygens (including phenoxy) is 1. The summed E-state index contributed by atoms with van der Waals surface area (Å²) in [5.74, 6) is -0.0260. The van der Waals surface area contributed by atoms with Crippen molar-refractivity contribution in [2.75, 3.05) is 18.2 Å². The van der Waals surface area contributed by atoms with Gasteiger partial charge in [-0.15, -0.1) is 11.8 Å². The fourth-order valence-electron chi connectivity index (χ4n) is 3.00. The molecule has 0 aliphatic carbocycles. The van der Waals surface area contributed by atoms with Gasteiger partial charge in [-0.3, -0.25) is 0 Å². The van der Waals surface area contributed by atoms with Gasteiger partial charge in [0.2, 0.25) is 0 Å². The molecule has 2 saturated heterocycles. The number of nitrogens with one attached hydrogen (secondary N) is 1. The Morgan fingerprint density at radius 3 is 2.76 bits per heavy atom. The van der Waals surface area contributed by atoms with Crippen LogP contribution in [0, 0.1) is 0 Å². The lowest BCUT2D eigenvalue weighted by molar-refractivity contribution is -0.140. The Morgan fingerprint density at radius 1 is 1.43 bits per heavy atom. The number of hydrogen-bond donors (Lipinski definition) is 2. The van der Waals surface area contributed by atoms with Crippen LogP contribution in [0.5, 0.6) is 0 Å². The average Bonchev–Trinajstić information content (AvgIpc) is 2.97. The Morgan fingerprint density at radius 2 is 2.14 bits per heavy atom. The maximum Gasteiger partial charge on any atom is 0.327 e. The van der Waals surface area contributed by atoms with Crippen LogP contribution in [0.3, 0.4) is 0 Å². The molecule has 0 aromatic heterocycles. The number of urea groups is 1. The van der Waals surface area contributed by atoms with E-state index in [2.05, 4.69) is 19.2 Å². The molecular weight excluding hydrogens is 292 g/mol. The number of aliphatic carboxylic acids is 1. The van der Waals surface area contributed by atoms with Crippen LogP contribution >= 0.6 is 11.8 Å². The number of carboxylic acids is 1. The largest absolute Gasteiger partial charge is 0.480 e. The number of amides is 2. The topological polar surface area (TPSA) is 78.9 Å². The molecule has 2 fully saturated rings. The molecule has 0 saturated carbocycles. The summed E-state index contributed by atoms with van der Waals surface area (Å²) in [7, 11) is 0. The van der Waals surface area contributed by atoms with E-state index in [1.807, 2.05) is 0 Å². The highest BCUT2D eigenvalue weighted by Crippen LogP contribution is 2.31. The summed E-state index contributed by atoms with van der Waals surface area (Å²) >= 11 is 1.48. The molecule has 2 amide bonds. The lowest BCUT2D eigenvalue weighted by atomic mass is 9.86. The summed E-state index contributed by atoms with van der Waals surface area (Å²) in [6.45, 7) is 4.85. The van der Waals surface area contributed by atoms with Crippen molar-refractivity contribution in [1.82, 2.24) is 10.2 Å². The van der Waals surface area contributed by atoms with Crippen LogP contribution in [0.1, 0.15) is 39.5 Å². The summed E-state index contributed by atoms with van der Waals surface area (Å²) in [5.41, 5.74) is -0.151. The van der Waals surface area contributed by atoms with Gasteiger partial charge < -0.3 is 20.1 Å². The zero-order valence-electron chi connectivity index (χ0n) is 12.6. The van der Waals surface area contributed by atoms with E-state index < -0.39 is 12.0 Å². The molecule has 2 rings (SSSR count). The molecule has 7 heteroatoms. The van der Waals surface area contributed by atoms with Gasteiger partial charge in [0.05, 0.1) is 11.5 Å². The number of rotatable bonds is 4. The molecule has 0 aromatic rings. The minimum atomic E-state index is -0.932. The van der Waals surface area contributed by atoms with Crippen LogP contribution in [-0.4, -0.2) is 57.9 Å². The molecule has 0 aromatic carbocycles. The Hall–Kier alpha value is -0.950. The average molecular weight is 316 g/mol. The molecule has 0 bridgehead atoms. The van der Waals surface area contributed by atoms with Gasteiger partial charge in [-0.2, -0.15) is 0 Å². The highest BCUT2D eigenvalue weighted by atomic mass is 32.2. The first kappa shape index (κ1) is 16.4. The quantitative estimate of drug-likeness (QED) is 0.828. The molecule has 0 radical (unpaired) electrons. The van der Waals surface area contributed by atoms with Crippen molar-refractivity contribution in [3.63, 3.8) is 0 Å². The highest BCUT2D eigenvalue weighted by molar-refractivity contribution is 7.99. The molecular formula is C14H24N2O4S. The van der Waals surface area contributed by atoms with E-state index in [0.717, 1.165) is 25.7 Å². The normalized spacial score (nSPS) is 28.4. The number of carbonyl (C=O) groups is 2. The van der Waals surface area contributed by atoms with Crippen molar-refractivity contribution < 1.29 is 19.4 Å². The monoisotopic (exact) mass is 316 g/mol. The Balaban J connectivity index is 1.94. The van der Waals surface area contributed by atoms with Crippen LogP contribution in [0.2, 0.25) is 0 Å². The van der Waals surface area contributed by atoms with E-state index in [9.17, 15) is 9.59 Å². The fourth-order valence-corrected chi connectivity index (χ4v) is 4.14. The molecule has 2 atom stereocenters. The first-order valence-electron chi connectivity index (χ1n) is 7.53. The van der Waals surface area contributed by atoms with Gasteiger partial charge in [-0.1, -0.05) is 13.8 Å². The molecule has 2 unspecified atom stereocenters. The van der Waals surface area contributed by atoms with Crippen molar-refractivity contribution in [2.24, 2.45) is 0 Å². The van der Waals surface area contributed by atoms with Crippen LogP contribution in [-0.2, 0) is 9.53 Å². The van der Waals surface area contributed by atoms with Gasteiger partial charge in [0, 0.05) is 18.4 Å². The number of carboxylic acid groups (broad SMARTS) is 1. The number of hydrogen-bond acceptors (Lipinski definition) is 4. The summed E-state index contributed by atoms with van der Waals surface area (Å²) in [6.07, 6.45) is 3.43. The molecule has 6 nitrogen and oxygen atoms in total. The second-order valence-corrected chi connectivity index (χ2v) is 6.70. The molecule has 120 valence electrons. The number of carbonyl (C=O) groups excluding carboxylic acids is 1. The molecule has 2 heterocycles. The maximum absolute atomic E-state index is 12.3. The van der Waals surface area contributed by atoms with E-state index in [-0.39, 0.29) is 17.7 Å². The van der Waals surface area contributed by atoms with E-state index in [1.165, 1.54) is 16.7 Å². The van der Waals surface area contributed by atoms with Crippen molar-refractivity contribution >= 4 is 23.8 Å². The molecule has 2 aliphatic heterocycles. The van der Waals surface area contributed by atoms with Gasteiger partial charge >= 0.3 is 12.0 Å². The first-order chi connectivity index (χ1) is 10.0. The number of nitrogens with zero attached hydrogens (tertiary/aromatic N) is 1. The van der Waals surface area contributed by atoms with Crippen LogP contribution in [0.15, 0.2) is 0 Å². The van der Waals surface area contributed by atoms with E-state index in [1.54, 1.807) is 0 Å². The van der Waals surface area contributed by atoms with Crippen molar-refractivity contribution in [1.29, 1.82) is 0 Å². The summed E-state index contributed by atoms with van der Waals surface area (Å²) in [5, 5.41) is 12.1. The third-order valence-corrected chi connectivity index (χ3v) is 5.55. The minimum absolute atomic E-state index is 0.0613. The Bertz CT molecular complexity index is 400. The third kappa shape index (κ3) is 3.63. The Labute approximate surface area is 129 Å². The van der Waals surface area contributed by atoms with Crippen LogP contribution in [0.25, 0.3) is 0 Å². The zero-order valence-corrected chi connectivity index (χ0v) is 13.4. The maximum atomic E-state index is 12.3. The van der Waals surface area contributed by atoms with Crippen molar-refractivity contribution in [3.05, 3.63) is 0 Å². The Kier molecular flexibility index (Phi) is 5.37. The van der Waals surface area contributed by atoms with Gasteiger partial charge in [0.1, 0.15) is 6.04 Å². The second kappa shape index (κ2) is 6.87. The minimum Gasteiger partial charge on any atom is -0.480 e.